The molecule has 0 spiro atoms. The summed E-state index contributed by atoms with van der Waals surface area (Å²) in [7, 11) is 1.66. The van der Waals surface area contributed by atoms with Crippen molar-refractivity contribution in [2.24, 2.45) is 0 Å². The predicted octanol–water partition coefficient (Wildman–Crippen LogP) is -0.238. The molecule has 1 saturated heterocycles. The second-order valence-electron chi connectivity index (χ2n) is 3.32. The van der Waals surface area contributed by atoms with E-state index >= 15 is 0 Å². The third kappa shape index (κ3) is 4.04. The van der Waals surface area contributed by atoms with Crippen LogP contribution in [0.15, 0.2) is 0 Å². The van der Waals surface area contributed by atoms with Gasteiger partial charge in [-0.25, -0.2) is 0 Å². The standard InChI is InChI=1S/C9H19NO3/c1-12-6-4-10-7-8(11)9-3-2-5-13-9/h8-11H,2-7H2,1H3. The first-order chi connectivity index (χ1) is 6.34. The highest BCUT2D eigenvalue weighted by molar-refractivity contribution is 4.75. The smallest absolute Gasteiger partial charge is 0.0925 e. The molecule has 1 fully saturated rings. The normalized spacial score (nSPS) is 24.9. The lowest BCUT2D eigenvalue weighted by molar-refractivity contribution is -0.000948. The second kappa shape index (κ2) is 6.32. The van der Waals surface area contributed by atoms with E-state index in [2.05, 4.69) is 5.32 Å². The molecule has 0 amide bonds. The highest BCUT2D eigenvalue weighted by Gasteiger charge is 2.23. The Kier molecular flexibility index (Phi) is 5.31. The molecule has 0 bridgehead atoms. The van der Waals surface area contributed by atoms with Crippen LogP contribution in [0.4, 0.5) is 0 Å². The lowest BCUT2D eigenvalue weighted by Gasteiger charge is -2.17. The van der Waals surface area contributed by atoms with E-state index in [0.717, 1.165) is 26.0 Å². The first-order valence-electron chi connectivity index (χ1n) is 4.84. The van der Waals surface area contributed by atoms with Crippen LogP contribution < -0.4 is 5.32 Å². The van der Waals surface area contributed by atoms with Gasteiger partial charge in [-0.15, -0.1) is 0 Å². The summed E-state index contributed by atoms with van der Waals surface area (Å²) >= 11 is 0. The number of ether oxygens (including phenoxy) is 2. The summed E-state index contributed by atoms with van der Waals surface area (Å²) in [6.45, 7) is 2.84. The summed E-state index contributed by atoms with van der Waals surface area (Å²) in [4.78, 5) is 0. The molecule has 2 unspecified atom stereocenters. The highest BCUT2D eigenvalue weighted by Crippen LogP contribution is 2.14. The molecule has 78 valence electrons. The summed E-state index contributed by atoms with van der Waals surface area (Å²) in [5.74, 6) is 0. The predicted molar refractivity (Wildman–Crippen MR) is 49.7 cm³/mol. The number of hydrogen-bond acceptors (Lipinski definition) is 4. The van der Waals surface area contributed by atoms with Gasteiger partial charge in [-0.2, -0.15) is 0 Å². The fourth-order valence-electron chi connectivity index (χ4n) is 1.46. The maximum Gasteiger partial charge on any atom is 0.0925 e. The maximum atomic E-state index is 9.62. The van der Waals surface area contributed by atoms with Crippen molar-refractivity contribution in [2.45, 2.75) is 25.0 Å². The van der Waals surface area contributed by atoms with Gasteiger partial charge in [0.2, 0.25) is 0 Å². The van der Waals surface area contributed by atoms with Crippen LogP contribution in [-0.2, 0) is 9.47 Å². The minimum absolute atomic E-state index is 0.0371. The molecule has 1 heterocycles. The van der Waals surface area contributed by atoms with E-state index in [1.54, 1.807) is 7.11 Å². The van der Waals surface area contributed by atoms with Crippen LogP contribution in [0.3, 0.4) is 0 Å². The molecule has 1 aliphatic rings. The van der Waals surface area contributed by atoms with Crippen LogP contribution in [0.1, 0.15) is 12.8 Å². The van der Waals surface area contributed by atoms with E-state index < -0.39 is 0 Å². The van der Waals surface area contributed by atoms with Gasteiger partial charge in [-0.3, -0.25) is 0 Å². The van der Waals surface area contributed by atoms with Crippen LogP contribution in [0.25, 0.3) is 0 Å². The van der Waals surface area contributed by atoms with Crippen molar-refractivity contribution in [1.29, 1.82) is 0 Å². The number of methoxy groups -OCH3 is 1. The largest absolute Gasteiger partial charge is 0.389 e. The fourth-order valence-corrected chi connectivity index (χ4v) is 1.46. The molecule has 0 radical (unpaired) electrons. The van der Waals surface area contributed by atoms with Crippen molar-refractivity contribution in [3.63, 3.8) is 0 Å². The molecule has 0 aromatic rings. The summed E-state index contributed by atoms with van der Waals surface area (Å²) in [6, 6.07) is 0. The van der Waals surface area contributed by atoms with Crippen LogP contribution in [0.2, 0.25) is 0 Å². The number of nitrogens with one attached hydrogen (secondary N) is 1. The Morgan fingerprint density at radius 3 is 3.15 bits per heavy atom. The summed E-state index contributed by atoms with van der Waals surface area (Å²) < 4.78 is 10.2. The minimum Gasteiger partial charge on any atom is -0.389 e. The number of rotatable bonds is 6. The Morgan fingerprint density at radius 1 is 1.69 bits per heavy atom. The van der Waals surface area contributed by atoms with Crippen LogP contribution in [0, 0.1) is 0 Å². The summed E-state index contributed by atoms with van der Waals surface area (Å²) in [5, 5.41) is 12.7. The summed E-state index contributed by atoms with van der Waals surface area (Å²) in [6.07, 6.45) is 1.71. The van der Waals surface area contributed by atoms with E-state index in [1.807, 2.05) is 0 Å². The molecule has 0 aliphatic carbocycles. The van der Waals surface area contributed by atoms with E-state index in [1.165, 1.54) is 0 Å². The molecule has 2 N–H and O–H groups in total. The maximum absolute atomic E-state index is 9.62. The van der Waals surface area contributed by atoms with Gasteiger partial charge >= 0.3 is 0 Å². The Labute approximate surface area is 79.2 Å². The highest BCUT2D eigenvalue weighted by atomic mass is 16.5. The first-order valence-corrected chi connectivity index (χ1v) is 4.84. The lowest BCUT2D eigenvalue weighted by Crippen LogP contribution is -2.37. The van der Waals surface area contributed by atoms with E-state index in [0.29, 0.717) is 13.2 Å². The Morgan fingerprint density at radius 2 is 2.54 bits per heavy atom. The van der Waals surface area contributed by atoms with Crippen molar-refractivity contribution < 1.29 is 14.6 Å². The molecule has 0 saturated carbocycles. The van der Waals surface area contributed by atoms with Gasteiger partial charge in [0.15, 0.2) is 0 Å². The quantitative estimate of drug-likeness (QED) is 0.566. The minimum atomic E-state index is -0.376. The fraction of sp³-hybridized carbons (Fsp3) is 1.00. The first kappa shape index (κ1) is 10.9. The van der Waals surface area contributed by atoms with Crippen molar-refractivity contribution in [3.05, 3.63) is 0 Å². The van der Waals surface area contributed by atoms with E-state index in [9.17, 15) is 5.11 Å². The molecule has 1 rings (SSSR count). The molecule has 13 heavy (non-hydrogen) atoms. The number of aliphatic hydroxyl groups excluding tert-OH is 1. The average molecular weight is 189 g/mol. The molecular weight excluding hydrogens is 170 g/mol. The van der Waals surface area contributed by atoms with Gasteiger partial charge in [0.25, 0.3) is 0 Å². The molecule has 4 heteroatoms. The van der Waals surface area contributed by atoms with Crippen molar-refractivity contribution in [2.75, 3.05) is 33.4 Å². The Hall–Kier alpha value is -0.160. The third-order valence-corrected chi connectivity index (χ3v) is 2.23. The molecule has 0 aromatic carbocycles. The topological polar surface area (TPSA) is 50.7 Å². The van der Waals surface area contributed by atoms with Crippen molar-refractivity contribution in [1.82, 2.24) is 5.32 Å². The van der Waals surface area contributed by atoms with E-state index in [-0.39, 0.29) is 12.2 Å². The zero-order valence-corrected chi connectivity index (χ0v) is 8.16. The van der Waals surface area contributed by atoms with Gasteiger partial charge < -0.3 is 19.9 Å². The Balaban J connectivity index is 1.99. The van der Waals surface area contributed by atoms with Gasteiger partial charge in [-0.05, 0) is 12.8 Å². The molecule has 0 aromatic heterocycles. The average Bonchev–Trinajstić information content (AvgIpc) is 2.65. The van der Waals surface area contributed by atoms with Gasteiger partial charge in [0, 0.05) is 26.8 Å². The van der Waals surface area contributed by atoms with Gasteiger partial charge in [0.05, 0.1) is 18.8 Å². The molecule has 2 atom stereocenters. The van der Waals surface area contributed by atoms with E-state index in [4.69, 9.17) is 9.47 Å². The zero-order valence-electron chi connectivity index (χ0n) is 8.16. The third-order valence-electron chi connectivity index (χ3n) is 2.23. The SMILES string of the molecule is COCCNCC(O)C1CCCO1. The van der Waals surface area contributed by atoms with Gasteiger partial charge in [-0.1, -0.05) is 0 Å². The van der Waals surface area contributed by atoms with Crippen molar-refractivity contribution >= 4 is 0 Å². The van der Waals surface area contributed by atoms with Crippen molar-refractivity contribution in [3.8, 4) is 0 Å². The number of aliphatic hydroxyl groups is 1. The lowest BCUT2D eigenvalue weighted by atomic mass is 10.1. The molecule has 4 nitrogen and oxygen atoms in total. The zero-order chi connectivity index (χ0) is 9.52. The molecule has 1 aliphatic heterocycles. The number of hydrogen-bond donors (Lipinski definition) is 2. The summed E-state index contributed by atoms with van der Waals surface area (Å²) in [5.41, 5.74) is 0. The van der Waals surface area contributed by atoms with Gasteiger partial charge in [0.1, 0.15) is 0 Å². The van der Waals surface area contributed by atoms with Crippen LogP contribution >= 0.6 is 0 Å². The van der Waals surface area contributed by atoms with Crippen LogP contribution in [0.5, 0.6) is 0 Å². The second-order valence-corrected chi connectivity index (χ2v) is 3.32. The Bertz CT molecular complexity index is 126. The monoisotopic (exact) mass is 189 g/mol. The molecular formula is C9H19NO3. The van der Waals surface area contributed by atoms with Crippen LogP contribution in [-0.4, -0.2) is 50.7 Å².